The van der Waals surface area contributed by atoms with E-state index < -0.39 is 0 Å². The molecular weight excluding hydrogens is 266 g/mol. The molecule has 0 saturated carbocycles. The highest BCUT2D eigenvalue weighted by atomic mass is 16.5. The van der Waals surface area contributed by atoms with Crippen molar-refractivity contribution in [1.29, 1.82) is 0 Å². The van der Waals surface area contributed by atoms with Crippen LogP contribution >= 0.6 is 0 Å². The normalized spacial score (nSPS) is 11.6. The number of aryl methyl sites for hydroxylation is 2. The fourth-order valence-electron chi connectivity index (χ4n) is 2.52. The molecule has 0 radical (unpaired) electrons. The predicted molar refractivity (Wildman–Crippen MR) is 84.4 cm³/mol. The Bertz CT molecular complexity index is 837. The Kier molecular flexibility index (Phi) is 3.17. The van der Waals surface area contributed by atoms with Gasteiger partial charge >= 0.3 is 0 Å². The predicted octanol–water partition coefficient (Wildman–Crippen LogP) is 2.03. The molecule has 0 atom stereocenters. The molecule has 110 valence electrons. The Labute approximate surface area is 122 Å². The van der Waals surface area contributed by atoms with Gasteiger partial charge in [-0.1, -0.05) is 12.1 Å². The first-order chi connectivity index (χ1) is 10.0. The van der Waals surface area contributed by atoms with Crippen LogP contribution in [-0.4, -0.2) is 21.3 Å². The lowest BCUT2D eigenvalue weighted by Gasteiger charge is -2.08. The van der Waals surface area contributed by atoms with Crippen LogP contribution in [0.3, 0.4) is 0 Å². The van der Waals surface area contributed by atoms with Crippen molar-refractivity contribution in [2.45, 2.75) is 27.4 Å². The fourth-order valence-corrected chi connectivity index (χ4v) is 2.52. The van der Waals surface area contributed by atoms with E-state index in [-0.39, 0.29) is 0 Å². The maximum atomic E-state index is 6.19. The molecule has 2 aromatic heterocycles. The van der Waals surface area contributed by atoms with E-state index in [1.807, 2.05) is 19.9 Å². The molecule has 0 unspecified atom stereocenters. The van der Waals surface area contributed by atoms with Gasteiger partial charge in [-0.2, -0.15) is 0 Å². The lowest BCUT2D eigenvalue weighted by molar-refractivity contribution is 0.127. The average molecular weight is 285 g/mol. The zero-order valence-corrected chi connectivity index (χ0v) is 12.5. The Morgan fingerprint density at radius 2 is 1.95 bits per heavy atom. The minimum Gasteiger partial charge on any atom is -0.382 e. The summed E-state index contributed by atoms with van der Waals surface area (Å²) in [5.41, 5.74) is 10.6. The van der Waals surface area contributed by atoms with Gasteiger partial charge < -0.3 is 16.3 Å². The van der Waals surface area contributed by atoms with Gasteiger partial charge in [0.05, 0.1) is 5.52 Å². The number of rotatable bonds is 3. The third-order valence-electron chi connectivity index (χ3n) is 3.85. The van der Waals surface area contributed by atoms with Crippen molar-refractivity contribution in [2.24, 2.45) is 0 Å². The average Bonchev–Trinajstić information content (AvgIpc) is 2.80. The van der Waals surface area contributed by atoms with E-state index in [1.165, 1.54) is 5.56 Å². The van der Waals surface area contributed by atoms with E-state index >= 15 is 0 Å². The molecule has 6 heteroatoms. The highest BCUT2D eigenvalue weighted by Gasteiger charge is 2.17. The van der Waals surface area contributed by atoms with Crippen molar-refractivity contribution in [1.82, 2.24) is 14.6 Å². The Morgan fingerprint density at radius 1 is 1.19 bits per heavy atom. The van der Waals surface area contributed by atoms with E-state index in [2.05, 4.69) is 23.0 Å². The van der Waals surface area contributed by atoms with Gasteiger partial charge in [-0.15, -0.1) is 0 Å². The molecule has 0 aliphatic carbocycles. The summed E-state index contributed by atoms with van der Waals surface area (Å²) in [4.78, 5) is 8.98. The van der Waals surface area contributed by atoms with Crippen LogP contribution in [0.1, 0.15) is 23.9 Å². The largest absolute Gasteiger partial charge is 0.382 e. The molecule has 6 nitrogen and oxygen atoms in total. The highest BCUT2D eigenvalue weighted by Crippen LogP contribution is 2.30. The molecule has 2 heterocycles. The van der Waals surface area contributed by atoms with Crippen LogP contribution < -0.4 is 11.6 Å². The zero-order chi connectivity index (χ0) is 15.1. The van der Waals surface area contributed by atoms with Crippen LogP contribution in [0.5, 0.6) is 0 Å². The van der Waals surface area contributed by atoms with Gasteiger partial charge in [-0.3, -0.25) is 0 Å². The van der Waals surface area contributed by atoms with Crippen LogP contribution in [0.4, 0.5) is 5.82 Å². The number of fused-ring (bicyclic) bond motifs is 3. The van der Waals surface area contributed by atoms with Gasteiger partial charge in [0.2, 0.25) is 0 Å². The van der Waals surface area contributed by atoms with Crippen molar-refractivity contribution in [3.63, 3.8) is 0 Å². The summed E-state index contributed by atoms with van der Waals surface area (Å²) in [5.74, 6) is 7.23. The maximum Gasteiger partial charge on any atom is 0.154 e. The molecule has 0 saturated heterocycles. The van der Waals surface area contributed by atoms with E-state index in [1.54, 1.807) is 4.68 Å². The Balaban J connectivity index is 2.38. The van der Waals surface area contributed by atoms with Crippen molar-refractivity contribution in [3.05, 3.63) is 29.1 Å². The van der Waals surface area contributed by atoms with Gasteiger partial charge in [-0.25, -0.2) is 14.6 Å². The number of nitrogens with zero attached hydrogens (tertiary/aromatic N) is 3. The number of anilines is 1. The third-order valence-corrected chi connectivity index (χ3v) is 3.85. The molecule has 0 spiro atoms. The SMILES string of the molecule is CCOCc1nc2c(N)nc3c(C)c(C)ccc3c2n1N. The van der Waals surface area contributed by atoms with Crippen LogP contribution in [0, 0.1) is 13.8 Å². The van der Waals surface area contributed by atoms with Crippen LogP contribution in [0.15, 0.2) is 12.1 Å². The number of nitrogens with two attached hydrogens (primary N) is 2. The summed E-state index contributed by atoms with van der Waals surface area (Å²) < 4.78 is 6.96. The molecule has 3 rings (SSSR count). The highest BCUT2D eigenvalue weighted by molar-refractivity contribution is 6.07. The molecule has 0 aliphatic rings. The third kappa shape index (κ3) is 1.99. The second-order valence-electron chi connectivity index (χ2n) is 5.13. The number of pyridine rings is 1. The van der Waals surface area contributed by atoms with Gasteiger partial charge in [0.25, 0.3) is 0 Å². The first kappa shape index (κ1) is 13.6. The maximum absolute atomic E-state index is 6.19. The number of benzene rings is 1. The Morgan fingerprint density at radius 3 is 2.67 bits per heavy atom. The van der Waals surface area contributed by atoms with E-state index in [0.717, 1.165) is 22.0 Å². The van der Waals surface area contributed by atoms with Crippen LogP contribution in [0.2, 0.25) is 0 Å². The number of imidazole rings is 1. The molecule has 1 aromatic carbocycles. The number of nitrogen functional groups attached to an aromatic ring is 2. The van der Waals surface area contributed by atoms with E-state index in [0.29, 0.717) is 30.4 Å². The van der Waals surface area contributed by atoms with Gasteiger partial charge in [0.1, 0.15) is 17.6 Å². The van der Waals surface area contributed by atoms with E-state index in [9.17, 15) is 0 Å². The number of hydrogen-bond acceptors (Lipinski definition) is 5. The second kappa shape index (κ2) is 4.89. The summed E-state index contributed by atoms with van der Waals surface area (Å²) in [5, 5.41) is 0.958. The number of aromatic nitrogens is 3. The zero-order valence-electron chi connectivity index (χ0n) is 12.5. The standard InChI is InChI=1S/C15H19N5O/c1-4-21-7-11-18-13-14(20(11)17)10-6-5-8(2)9(3)12(10)19-15(13)16/h5-6H,4,7,17H2,1-3H3,(H2,16,19). The van der Waals surface area contributed by atoms with Crippen molar-refractivity contribution < 1.29 is 4.74 Å². The molecule has 0 amide bonds. The first-order valence-electron chi connectivity index (χ1n) is 6.94. The molecule has 21 heavy (non-hydrogen) atoms. The monoisotopic (exact) mass is 285 g/mol. The fraction of sp³-hybridized carbons (Fsp3) is 0.333. The minimum absolute atomic E-state index is 0.355. The Hall–Kier alpha value is -2.34. The van der Waals surface area contributed by atoms with Crippen molar-refractivity contribution in [3.8, 4) is 0 Å². The van der Waals surface area contributed by atoms with Gasteiger partial charge in [-0.05, 0) is 31.9 Å². The van der Waals surface area contributed by atoms with Crippen LogP contribution in [-0.2, 0) is 11.3 Å². The van der Waals surface area contributed by atoms with E-state index in [4.69, 9.17) is 16.3 Å². The molecule has 3 aromatic rings. The minimum atomic E-state index is 0.355. The summed E-state index contributed by atoms with van der Waals surface area (Å²) in [7, 11) is 0. The molecule has 0 bridgehead atoms. The topological polar surface area (TPSA) is 92.0 Å². The lowest BCUT2D eigenvalue weighted by atomic mass is 10.0. The van der Waals surface area contributed by atoms with Gasteiger partial charge in [0, 0.05) is 12.0 Å². The number of hydrogen-bond donors (Lipinski definition) is 2. The summed E-state index contributed by atoms with van der Waals surface area (Å²) >= 11 is 0. The molecule has 4 N–H and O–H groups in total. The molecule has 0 fully saturated rings. The summed E-state index contributed by atoms with van der Waals surface area (Å²) in [6.07, 6.45) is 0. The first-order valence-corrected chi connectivity index (χ1v) is 6.94. The molecular formula is C15H19N5O. The van der Waals surface area contributed by atoms with Crippen molar-refractivity contribution >= 4 is 27.8 Å². The van der Waals surface area contributed by atoms with Crippen LogP contribution in [0.25, 0.3) is 21.9 Å². The second-order valence-corrected chi connectivity index (χ2v) is 5.13. The summed E-state index contributed by atoms with van der Waals surface area (Å²) in [6.45, 7) is 6.98. The number of ether oxygens (including phenoxy) is 1. The van der Waals surface area contributed by atoms with Gasteiger partial charge in [0.15, 0.2) is 11.6 Å². The molecule has 0 aliphatic heterocycles. The quantitative estimate of drug-likeness (QED) is 0.718. The lowest BCUT2D eigenvalue weighted by Crippen LogP contribution is -2.13. The van der Waals surface area contributed by atoms with Crippen molar-refractivity contribution in [2.75, 3.05) is 18.2 Å². The summed E-state index contributed by atoms with van der Waals surface area (Å²) in [6, 6.07) is 4.08. The smallest absolute Gasteiger partial charge is 0.154 e.